The summed E-state index contributed by atoms with van der Waals surface area (Å²) in [4.78, 5) is 0. The zero-order valence-corrected chi connectivity index (χ0v) is 11.7. The van der Waals surface area contributed by atoms with Crippen molar-refractivity contribution < 1.29 is 19.7 Å². The normalized spacial score (nSPS) is 10.3. The van der Waals surface area contributed by atoms with E-state index in [-0.39, 0.29) is 19.0 Å². The number of phenols is 1. The van der Waals surface area contributed by atoms with Gasteiger partial charge >= 0.3 is 0 Å². The van der Waals surface area contributed by atoms with Crippen LogP contribution in [0.15, 0.2) is 36.4 Å². The van der Waals surface area contributed by atoms with E-state index in [0.717, 1.165) is 5.56 Å². The fourth-order valence-corrected chi connectivity index (χ4v) is 2.09. The Kier molecular flexibility index (Phi) is 4.71. The number of hydrogen-bond acceptors (Lipinski definition) is 4. The van der Waals surface area contributed by atoms with E-state index < -0.39 is 0 Å². The molecule has 0 saturated carbocycles. The Hall–Kier alpha value is -1.91. The molecule has 4 nitrogen and oxygen atoms in total. The van der Waals surface area contributed by atoms with Gasteiger partial charge in [-0.2, -0.15) is 0 Å². The van der Waals surface area contributed by atoms with E-state index in [2.05, 4.69) is 0 Å². The molecule has 0 unspecified atom stereocenters. The highest BCUT2D eigenvalue weighted by molar-refractivity contribution is 6.32. The highest BCUT2D eigenvalue weighted by atomic mass is 35.5. The molecule has 2 rings (SSSR count). The molecule has 0 amide bonds. The first-order chi connectivity index (χ1) is 9.63. The van der Waals surface area contributed by atoms with Crippen LogP contribution in [-0.2, 0) is 13.2 Å². The molecule has 20 heavy (non-hydrogen) atoms. The maximum Gasteiger partial charge on any atom is 0.180 e. The van der Waals surface area contributed by atoms with Gasteiger partial charge in [0, 0.05) is 0 Å². The molecule has 5 heteroatoms. The van der Waals surface area contributed by atoms with Gasteiger partial charge < -0.3 is 19.7 Å². The van der Waals surface area contributed by atoms with E-state index in [1.54, 1.807) is 30.3 Å². The lowest BCUT2D eigenvalue weighted by molar-refractivity contribution is 0.274. The van der Waals surface area contributed by atoms with Gasteiger partial charge in [0.2, 0.25) is 0 Å². The second kappa shape index (κ2) is 6.50. The van der Waals surface area contributed by atoms with Crippen molar-refractivity contribution in [2.24, 2.45) is 0 Å². The first-order valence-electron chi connectivity index (χ1n) is 6.02. The van der Waals surface area contributed by atoms with Gasteiger partial charge in [0.1, 0.15) is 12.4 Å². The lowest BCUT2D eigenvalue weighted by Gasteiger charge is -2.13. The van der Waals surface area contributed by atoms with Crippen LogP contribution in [0.2, 0.25) is 5.02 Å². The Morgan fingerprint density at radius 2 is 1.95 bits per heavy atom. The van der Waals surface area contributed by atoms with E-state index in [9.17, 15) is 5.11 Å². The number of benzene rings is 2. The predicted molar refractivity (Wildman–Crippen MR) is 76.4 cm³/mol. The first kappa shape index (κ1) is 14.5. The molecule has 0 spiro atoms. The second-order valence-corrected chi connectivity index (χ2v) is 4.63. The van der Waals surface area contributed by atoms with Gasteiger partial charge in [-0.1, -0.05) is 23.7 Å². The number of phenolic OH excluding ortho intramolecular Hbond substituents is 1. The molecule has 0 aliphatic heterocycles. The first-order valence-corrected chi connectivity index (χ1v) is 6.40. The summed E-state index contributed by atoms with van der Waals surface area (Å²) in [6.45, 7) is 0.131. The zero-order chi connectivity index (χ0) is 14.5. The molecule has 0 aromatic heterocycles. The average molecular weight is 295 g/mol. The summed E-state index contributed by atoms with van der Waals surface area (Å²) in [5.41, 5.74) is 1.46. The predicted octanol–water partition coefficient (Wildman–Crippen LogP) is 3.13. The number of methoxy groups -OCH3 is 1. The van der Waals surface area contributed by atoms with E-state index >= 15 is 0 Å². The SMILES string of the molecule is COc1cc(CO)cc(Cl)c1OCc1cccc(O)c1. The van der Waals surface area contributed by atoms with Gasteiger partial charge in [0.05, 0.1) is 18.7 Å². The number of halogens is 1. The summed E-state index contributed by atoms with van der Waals surface area (Å²) in [5.74, 6) is 1.05. The molecule has 0 heterocycles. The Balaban J connectivity index is 2.20. The standard InChI is InChI=1S/C15H15ClO4/c1-19-14-7-11(8-17)6-13(16)15(14)20-9-10-3-2-4-12(18)5-10/h2-7,17-18H,8-9H2,1H3. The molecule has 0 aliphatic carbocycles. The Morgan fingerprint density at radius 1 is 1.15 bits per heavy atom. The van der Waals surface area contributed by atoms with Crippen molar-refractivity contribution in [2.45, 2.75) is 13.2 Å². The van der Waals surface area contributed by atoms with Crippen molar-refractivity contribution in [3.63, 3.8) is 0 Å². The van der Waals surface area contributed by atoms with Crippen LogP contribution in [0.5, 0.6) is 17.2 Å². The summed E-state index contributed by atoms with van der Waals surface area (Å²) in [7, 11) is 1.51. The van der Waals surface area contributed by atoms with Crippen LogP contribution in [0.4, 0.5) is 0 Å². The van der Waals surface area contributed by atoms with Crippen LogP contribution in [-0.4, -0.2) is 17.3 Å². The van der Waals surface area contributed by atoms with E-state index in [1.165, 1.54) is 7.11 Å². The maximum absolute atomic E-state index is 9.40. The Labute approximate surface area is 122 Å². The molecular formula is C15H15ClO4. The lowest BCUT2D eigenvalue weighted by Crippen LogP contribution is -1.99. The molecule has 2 aromatic rings. The Bertz CT molecular complexity index is 598. The van der Waals surface area contributed by atoms with Gasteiger partial charge in [-0.3, -0.25) is 0 Å². The van der Waals surface area contributed by atoms with Crippen LogP contribution in [0, 0.1) is 0 Å². The molecule has 0 saturated heterocycles. The number of aromatic hydroxyl groups is 1. The third-order valence-electron chi connectivity index (χ3n) is 2.77. The van der Waals surface area contributed by atoms with Crippen LogP contribution in [0.25, 0.3) is 0 Å². The third kappa shape index (κ3) is 3.35. The molecular weight excluding hydrogens is 280 g/mol. The van der Waals surface area contributed by atoms with Gasteiger partial charge in [0.15, 0.2) is 11.5 Å². The molecule has 0 bridgehead atoms. The van der Waals surface area contributed by atoms with Gasteiger partial charge in [-0.15, -0.1) is 0 Å². The second-order valence-electron chi connectivity index (χ2n) is 4.23. The monoisotopic (exact) mass is 294 g/mol. The summed E-state index contributed by atoms with van der Waals surface area (Å²) in [6, 6.07) is 10.1. The van der Waals surface area contributed by atoms with Gasteiger partial charge in [-0.05, 0) is 35.4 Å². The van der Waals surface area contributed by atoms with E-state index in [1.807, 2.05) is 6.07 Å². The number of hydrogen-bond donors (Lipinski definition) is 2. The van der Waals surface area contributed by atoms with Crippen molar-refractivity contribution in [2.75, 3.05) is 7.11 Å². The number of rotatable bonds is 5. The quantitative estimate of drug-likeness (QED) is 0.889. The largest absolute Gasteiger partial charge is 0.508 e. The third-order valence-corrected chi connectivity index (χ3v) is 3.05. The lowest BCUT2D eigenvalue weighted by atomic mass is 10.2. The minimum Gasteiger partial charge on any atom is -0.508 e. The van der Waals surface area contributed by atoms with Crippen molar-refractivity contribution >= 4 is 11.6 Å². The zero-order valence-electron chi connectivity index (χ0n) is 11.0. The fraction of sp³-hybridized carbons (Fsp3) is 0.200. The summed E-state index contributed by atoms with van der Waals surface area (Å²) >= 11 is 6.12. The molecule has 0 atom stereocenters. The summed E-state index contributed by atoms with van der Waals surface area (Å²) < 4.78 is 10.9. The molecule has 106 valence electrons. The Morgan fingerprint density at radius 3 is 2.60 bits per heavy atom. The number of aliphatic hydroxyl groups excluding tert-OH is 1. The van der Waals surface area contributed by atoms with Crippen LogP contribution in [0.3, 0.4) is 0 Å². The van der Waals surface area contributed by atoms with E-state index in [0.29, 0.717) is 22.1 Å². The van der Waals surface area contributed by atoms with Crippen LogP contribution in [0.1, 0.15) is 11.1 Å². The topological polar surface area (TPSA) is 58.9 Å². The smallest absolute Gasteiger partial charge is 0.180 e. The molecule has 2 N–H and O–H groups in total. The molecule has 0 radical (unpaired) electrons. The highest BCUT2D eigenvalue weighted by Gasteiger charge is 2.12. The maximum atomic E-state index is 9.40. The number of aliphatic hydroxyl groups is 1. The van der Waals surface area contributed by atoms with Crippen LogP contribution >= 0.6 is 11.6 Å². The van der Waals surface area contributed by atoms with Crippen molar-refractivity contribution in [3.05, 3.63) is 52.5 Å². The van der Waals surface area contributed by atoms with Gasteiger partial charge in [0.25, 0.3) is 0 Å². The van der Waals surface area contributed by atoms with Crippen molar-refractivity contribution in [1.82, 2.24) is 0 Å². The van der Waals surface area contributed by atoms with Crippen molar-refractivity contribution in [3.8, 4) is 17.2 Å². The minimum absolute atomic E-state index is 0.122. The number of ether oxygens (including phenoxy) is 2. The summed E-state index contributed by atoms with van der Waals surface area (Å²) in [6.07, 6.45) is 0. The minimum atomic E-state index is -0.122. The summed E-state index contributed by atoms with van der Waals surface area (Å²) in [5, 5.41) is 18.9. The van der Waals surface area contributed by atoms with Gasteiger partial charge in [-0.25, -0.2) is 0 Å². The van der Waals surface area contributed by atoms with Crippen LogP contribution < -0.4 is 9.47 Å². The molecule has 0 aliphatic rings. The highest BCUT2D eigenvalue weighted by Crippen LogP contribution is 2.37. The molecule has 2 aromatic carbocycles. The van der Waals surface area contributed by atoms with E-state index in [4.69, 9.17) is 26.2 Å². The van der Waals surface area contributed by atoms with Crippen molar-refractivity contribution in [1.29, 1.82) is 0 Å². The fourth-order valence-electron chi connectivity index (χ4n) is 1.81. The molecule has 0 fully saturated rings. The average Bonchev–Trinajstić information content (AvgIpc) is 2.45.